The van der Waals surface area contributed by atoms with Crippen LogP contribution in [0.15, 0.2) is 54.6 Å². The molecule has 1 unspecified atom stereocenters. The predicted octanol–water partition coefficient (Wildman–Crippen LogP) is 1.53. The number of hydrogen-bond donors (Lipinski definition) is 3. The van der Waals surface area contributed by atoms with E-state index in [4.69, 9.17) is 22.7 Å². The van der Waals surface area contributed by atoms with Gasteiger partial charge in [-0.3, -0.25) is 9.59 Å². The first-order valence-corrected chi connectivity index (χ1v) is 8.88. The van der Waals surface area contributed by atoms with Crippen molar-refractivity contribution >= 4 is 34.8 Å². The van der Waals surface area contributed by atoms with Gasteiger partial charge in [0.2, 0.25) is 11.8 Å². The number of primary amides is 1. The van der Waals surface area contributed by atoms with Gasteiger partial charge in [0.25, 0.3) is 0 Å². The number of ether oxygens (including phenoxy) is 1. The van der Waals surface area contributed by atoms with Gasteiger partial charge in [0.15, 0.2) is 5.11 Å². The summed E-state index contributed by atoms with van der Waals surface area (Å²) in [5, 5.41) is 6.05. The van der Waals surface area contributed by atoms with E-state index in [1.54, 1.807) is 4.90 Å². The maximum atomic E-state index is 12.3. The van der Waals surface area contributed by atoms with E-state index in [9.17, 15) is 9.59 Å². The van der Waals surface area contributed by atoms with Gasteiger partial charge in [-0.1, -0.05) is 18.2 Å². The Bertz CT molecular complexity index is 827. The predicted molar refractivity (Wildman–Crippen MR) is 107 cm³/mol. The van der Waals surface area contributed by atoms with Crippen LogP contribution in [0, 0.1) is 0 Å². The second kappa shape index (κ2) is 8.50. The maximum Gasteiger partial charge on any atom is 0.236 e. The van der Waals surface area contributed by atoms with Crippen LogP contribution in [0.1, 0.15) is 6.42 Å². The normalized spacial score (nSPS) is 16.1. The van der Waals surface area contributed by atoms with Crippen LogP contribution < -0.4 is 26.0 Å². The van der Waals surface area contributed by atoms with Crippen molar-refractivity contribution in [1.29, 1.82) is 0 Å². The summed E-state index contributed by atoms with van der Waals surface area (Å²) >= 11 is 5.11. The summed E-state index contributed by atoms with van der Waals surface area (Å²) in [6.45, 7) is 0.440. The fraction of sp³-hybridized carbons (Fsp3) is 0.211. The quantitative estimate of drug-likeness (QED) is 0.654. The molecule has 27 heavy (non-hydrogen) atoms. The lowest BCUT2D eigenvalue weighted by atomic mass is 10.2. The Labute approximate surface area is 162 Å². The van der Waals surface area contributed by atoms with Crippen molar-refractivity contribution in [3.05, 3.63) is 54.6 Å². The molecule has 0 aromatic heterocycles. The summed E-state index contributed by atoms with van der Waals surface area (Å²) in [5.41, 5.74) is 5.86. The monoisotopic (exact) mass is 384 g/mol. The molecule has 2 aromatic rings. The van der Waals surface area contributed by atoms with Crippen LogP contribution in [-0.2, 0) is 9.59 Å². The number of amides is 2. The molecule has 3 rings (SSSR count). The molecule has 1 aliphatic rings. The molecule has 1 saturated heterocycles. The molecule has 1 atom stereocenters. The minimum atomic E-state index is -0.499. The van der Waals surface area contributed by atoms with Gasteiger partial charge in [0.05, 0.1) is 12.6 Å². The third-order valence-corrected chi connectivity index (χ3v) is 4.27. The lowest BCUT2D eigenvalue weighted by Gasteiger charge is -2.18. The molecule has 0 bridgehead atoms. The summed E-state index contributed by atoms with van der Waals surface area (Å²) in [5.74, 6) is 0.954. The van der Waals surface area contributed by atoms with Crippen LogP contribution in [0.25, 0.3) is 0 Å². The standard InChI is InChI=1S/C19H20N4O3S/c20-17(24)11-21-19(27)22-13-10-18(25)23(12-13)14-6-8-16(9-7-14)26-15-4-2-1-3-5-15/h1-9,13H,10-12H2,(H2,20,24)(H2,21,22,27). The van der Waals surface area contributed by atoms with E-state index in [0.717, 1.165) is 11.4 Å². The number of nitrogens with zero attached hydrogens (tertiary/aromatic N) is 1. The van der Waals surface area contributed by atoms with Crippen LogP contribution >= 0.6 is 12.2 Å². The Morgan fingerprint density at radius 1 is 1.15 bits per heavy atom. The van der Waals surface area contributed by atoms with Crippen molar-refractivity contribution in [2.45, 2.75) is 12.5 Å². The zero-order chi connectivity index (χ0) is 19.2. The summed E-state index contributed by atoms with van der Waals surface area (Å²) < 4.78 is 5.76. The van der Waals surface area contributed by atoms with Gasteiger partial charge in [-0.2, -0.15) is 0 Å². The first-order valence-electron chi connectivity index (χ1n) is 8.47. The van der Waals surface area contributed by atoms with Crippen molar-refractivity contribution in [2.24, 2.45) is 5.73 Å². The molecular formula is C19H20N4O3S. The molecule has 0 radical (unpaired) electrons. The fourth-order valence-corrected chi connectivity index (χ4v) is 3.02. The van der Waals surface area contributed by atoms with E-state index < -0.39 is 5.91 Å². The number of thiocarbonyl (C=S) groups is 1. The van der Waals surface area contributed by atoms with Gasteiger partial charge >= 0.3 is 0 Å². The molecule has 1 fully saturated rings. The van der Waals surface area contributed by atoms with Crippen LogP contribution in [0.4, 0.5) is 5.69 Å². The van der Waals surface area contributed by atoms with E-state index >= 15 is 0 Å². The highest BCUT2D eigenvalue weighted by Gasteiger charge is 2.31. The van der Waals surface area contributed by atoms with Gasteiger partial charge < -0.3 is 26.0 Å². The number of nitrogens with one attached hydrogen (secondary N) is 2. The van der Waals surface area contributed by atoms with Gasteiger partial charge in [-0.15, -0.1) is 0 Å². The van der Waals surface area contributed by atoms with E-state index in [-0.39, 0.29) is 18.5 Å². The molecule has 4 N–H and O–H groups in total. The third kappa shape index (κ3) is 5.18. The average Bonchev–Trinajstić information content (AvgIpc) is 3.01. The number of para-hydroxylation sites is 1. The van der Waals surface area contributed by atoms with E-state index in [2.05, 4.69) is 10.6 Å². The fourth-order valence-electron chi connectivity index (χ4n) is 2.78. The number of hydrogen-bond acceptors (Lipinski definition) is 4. The van der Waals surface area contributed by atoms with Crippen molar-refractivity contribution in [1.82, 2.24) is 10.6 Å². The minimum Gasteiger partial charge on any atom is -0.457 e. The highest BCUT2D eigenvalue weighted by Crippen LogP contribution is 2.26. The Morgan fingerprint density at radius 2 is 1.81 bits per heavy atom. The molecular weight excluding hydrogens is 364 g/mol. The van der Waals surface area contributed by atoms with Gasteiger partial charge in [-0.05, 0) is 48.6 Å². The van der Waals surface area contributed by atoms with Crippen molar-refractivity contribution < 1.29 is 14.3 Å². The van der Waals surface area contributed by atoms with Crippen LogP contribution in [0.5, 0.6) is 11.5 Å². The summed E-state index contributed by atoms with van der Waals surface area (Å²) in [6, 6.07) is 16.7. The van der Waals surface area contributed by atoms with E-state index in [1.165, 1.54) is 0 Å². The molecule has 0 saturated carbocycles. The van der Waals surface area contributed by atoms with Crippen molar-refractivity contribution in [3.63, 3.8) is 0 Å². The molecule has 7 nitrogen and oxygen atoms in total. The van der Waals surface area contributed by atoms with Crippen LogP contribution in [0.2, 0.25) is 0 Å². The number of rotatable bonds is 6. The number of carbonyl (C=O) groups is 2. The Morgan fingerprint density at radius 3 is 2.48 bits per heavy atom. The number of carbonyl (C=O) groups excluding carboxylic acids is 2. The smallest absolute Gasteiger partial charge is 0.236 e. The Kier molecular flexibility index (Phi) is 5.87. The Balaban J connectivity index is 1.57. The van der Waals surface area contributed by atoms with Crippen molar-refractivity contribution in [2.75, 3.05) is 18.0 Å². The van der Waals surface area contributed by atoms with Crippen LogP contribution in [0.3, 0.4) is 0 Å². The largest absolute Gasteiger partial charge is 0.457 e. The Hall–Kier alpha value is -3.13. The lowest BCUT2D eigenvalue weighted by Crippen LogP contribution is -2.45. The molecule has 0 spiro atoms. The number of benzene rings is 2. The number of anilines is 1. The highest BCUT2D eigenvalue weighted by molar-refractivity contribution is 7.80. The molecule has 2 amide bonds. The number of nitrogens with two attached hydrogens (primary N) is 1. The second-order valence-corrected chi connectivity index (χ2v) is 6.52. The van der Waals surface area contributed by atoms with Gasteiger partial charge in [-0.25, -0.2) is 0 Å². The zero-order valence-corrected chi connectivity index (χ0v) is 15.4. The molecule has 2 aromatic carbocycles. The average molecular weight is 384 g/mol. The molecule has 0 aliphatic carbocycles. The SMILES string of the molecule is NC(=O)CNC(=S)NC1CC(=O)N(c2ccc(Oc3ccccc3)cc2)C1. The van der Waals surface area contributed by atoms with E-state index in [1.807, 2.05) is 54.6 Å². The zero-order valence-electron chi connectivity index (χ0n) is 14.6. The second-order valence-electron chi connectivity index (χ2n) is 6.11. The summed E-state index contributed by atoms with van der Waals surface area (Å²) in [6.07, 6.45) is 0.320. The first-order chi connectivity index (χ1) is 13.0. The molecule has 1 heterocycles. The molecule has 1 aliphatic heterocycles. The highest BCUT2D eigenvalue weighted by atomic mass is 32.1. The van der Waals surface area contributed by atoms with Gasteiger partial charge in [0, 0.05) is 18.7 Å². The van der Waals surface area contributed by atoms with Crippen LogP contribution in [-0.4, -0.2) is 36.1 Å². The summed E-state index contributed by atoms with van der Waals surface area (Å²) in [7, 11) is 0. The lowest BCUT2D eigenvalue weighted by molar-refractivity contribution is -0.118. The molecule has 140 valence electrons. The summed E-state index contributed by atoms with van der Waals surface area (Å²) in [4.78, 5) is 24.8. The topological polar surface area (TPSA) is 96.7 Å². The third-order valence-electron chi connectivity index (χ3n) is 4.01. The first kappa shape index (κ1) is 18.7. The minimum absolute atomic E-state index is 0.00179. The maximum absolute atomic E-state index is 12.3. The van der Waals surface area contributed by atoms with Gasteiger partial charge in [0.1, 0.15) is 11.5 Å². The van der Waals surface area contributed by atoms with Crippen molar-refractivity contribution in [3.8, 4) is 11.5 Å². The molecule has 8 heteroatoms. The van der Waals surface area contributed by atoms with E-state index in [0.29, 0.717) is 23.8 Å².